The number of nitrogens with two attached hydrogens (primary N) is 1. The second kappa shape index (κ2) is 3.79. The van der Waals surface area contributed by atoms with Crippen molar-refractivity contribution >= 4 is 5.96 Å². The molecule has 2 rings (SSSR count). The number of guanidine groups is 1. The Balaban J connectivity index is 1.90. The highest BCUT2D eigenvalue weighted by atomic mass is 15.1. The zero-order chi connectivity index (χ0) is 10.1. The molecule has 0 amide bonds. The zero-order valence-electron chi connectivity index (χ0n) is 9.16. The van der Waals surface area contributed by atoms with Crippen LogP contribution in [-0.2, 0) is 0 Å². The summed E-state index contributed by atoms with van der Waals surface area (Å²) in [6.07, 6.45) is 5.44. The van der Waals surface area contributed by atoms with Gasteiger partial charge in [0.05, 0.1) is 6.04 Å². The molecule has 0 aromatic carbocycles. The van der Waals surface area contributed by atoms with Gasteiger partial charge in [-0.25, -0.2) is 4.99 Å². The van der Waals surface area contributed by atoms with E-state index in [-0.39, 0.29) is 0 Å². The van der Waals surface area contributed by atoms with Gasteiger partial charge in [0.2, 0.25) is 0 Å². The van der Waals surface area contributed by atoms with Crippen LogP contribution in [0.4, 0.5) is 0 Å². The molecular formula is C11H21N3. The summed E-state index contributed by atoms with van der Waals surface area (Å²) < 4.78 is 0. The third-order valence-corrected chi connectivity index (χ3v) is 2.93. The van der Waals surface area contributed by atoms with E-state index in [1.54, 1.807) is 0 Å². The Hall–Kier alpha value is -0.730. The Kier molecular flexibility index (Phi) is 2.66. The molecule has 0 radical (unpaired) electrons. The minimum atomic E-state index is 0.387. The fourth-order valence-corrected chi connectivity index (χ4v) is 1.96. The van der Waals surface area contributed by atoms with Gasteiger partial charge in [0, 0.05) is 6.04 Å². The van der Waals surface area contributed by atoms with Crippen molar-refractivity contribution in [3.63, 3.8) is 0 Å². The molecule has 3 N–H and O–H groups in total. The van der Waals surface area contributed by atoms with Crippen LogP contribution in [0.5, 0.6) is 0 Å². The number of aliphatic imine (C=N–C) groups is 1. The van der Waals surface area contributed by atoms with Gasteiger partial charge in [-0.3, -0.25) is 0 Å². The number of hydrogen-bond donors (Lipinski definition) is 2. The maximum atomic E-state index is 5.85. The van der Waals surface area contributed by atoms with Gasteiger partial charge < -0.3 is 11.1 Å². The SMILES string of the molecule is CC(C)NC(N)=NC(C1CC1)C1CC1. The summed E-state index contributed by atoms with van der Waals surface area (Å²) >= 11 is 0. The molecule has 2 aliphatic rings. The first-order valence-corrected chi connectivity index (χ1v) is 5.76. The van der Waals surface area contributed by atoms with Crippen LogP contribution in [-0.4, -0.2) is 18.0 Å². The smallest absolute Gasteiger partial charge is 0.189 e. The standard InChI is InChI=1S/C11H21N3/c1-7(2)13-11(12)14-10(8-3-4-8)9-5-6-9/h7-10H,3-6H2,1-2H3,(H3,12,13,14). The molecule has 0 heterocycles. The van der Waals surface area contributed by atoms with E-state index in [9.17, 15) is 0 Å². The van der Waals surface area contributed by atoms with E-state index < -0.39 is 0 Å². The first-order valence-electron chi connectivity index (χ1n) is 5.76. The summed E-state index contributed by atoms with van der Waals surface area (Å²) in [4.78, 5) is 4.62. The van der Waals surface area contributed by atoms with E-state index >= 15 is 0 Å². The second-order valence-electron chi connectivity index (χ2n) is 4.98. The lowest BCUT2D eigenvalue weighted by Crippen LogP contribution is -2.38. The van der Waals surface area contributed by atoms with Crippen molar-refractivity contribution in [1.82, 2.24) is 5.32 Å². The number of rotatable bonds is 4. The van der Waals surface area contributed by atoms with E-state index in [4.69, 9.17) is 5.73 Å². The second-order valence-corrected chi connectivity index (χ2v) is 4.98. The molecule has 0 aromatic rings. The minimum Gasteiger partial charge on any atom is -0.370 e. The highest BCUT2D eigenvalue weighted by Gasteiger charge is 2.41. The van der Waals surface area contributed by atoms with Crippen molar-refractivity contribution in [3.8, 4) is 0 Å². The number of hydrogen-bond acceptors (Lipinski definition) is 1. The Morgan fingerprint density at radius 2 is 1.71 bits per heavy atom. The van der Waals surface area contributed by atoms with Gasteiger partial charge in [-0.1, -0.05) is 0 Å². The lowest BCUT2D eigenvalue weighted by molar-refractivity contribution is 0.528. The van der Waals surface area contributed by atoms with E-state index in [1.165, 1.54) is 25.7 Å². The average Bonchev–Trinajstić information content (AvgIpc) is 2.94. The molecule has 2 aliphatic carbocycles. The van der Waals surface area contributed by atoms with Crippen LogP contribution in [0, 0.1) is 11.8 Å². The van der Waals surface area contributed by atoms with Gasteiger partial charge >= 0.3 is 0 Å². The van der Waals surface area contributed by atoms with E-state index in [1.807, 2.05) is 0 Å². The van der Waals surface area contributed by atoms with Gasteiger partial charge in [0.25, 0.3) is 0 Å². The average molecular weight is 195 g/mol. The molecule has 80 valence electrons. The molecule has 0 atom stereocenters. The lowest BCUT2D eigenvalue weighted by atomic mass is 10.1. The van der Waals surface area contributed by atoms with Gasteiger partial charge in [-0.15, -0.1) is 0 Å². The molecular weight excluding hydrogens is 174 g/mol. The normalized spacial score (nSPS) is 23.3. The van der Waals surface area contributed by atoms with Crippen LogP contribution in [0.15, 0.2) is 4.99 Å². The lowest BCUT2D eigenvalue weighted by Gasteiger charge is -2.14. The molecule has 3 nitrogen and oxygen atoms in total. The largest absolute Gasteiger partial charge is 0.370 e. The van der Waals surface area contributed by atoms with E-state index in [2.05, 4.69) is 24.2 Å². The third kappa shape index (κ3) is 2.63. The summed E-state index contributed by atoms with van der Waals surface area (Å²) in [6, 6.07) is 0.916. The minimum absolute atomic E-state index is 0.387. The third-order valence-electron chi connectivity index (χ3n) is 2.93. The van der Waals surface area contributed by atoms with Crippen LogP contribution in [0.3, 0.4) is 0 Å². The summed E-state index contributed by atoms with van der Waals surface area (Å²) in [5.74, 6) is 2.33. The predicted octanol–water partition coefficient (Wildman–Crippen LogP) is 1.49. The van der Waals surface area contributed by atoms with Crippen LogP contribution >= 0.6 is 0 Å². The molecule has 0 bridgehead atoms. The molecule has 0 aliphatic heterocycles. The van der Waals surface area contributed by atoms with Gasteiger partial charge in [-0.2, -0.15) is 0 Å². The van der Waals surface area contributed by atoms with Gasteiger partial charge in [0.15, 0.2) is 5.96 Å². The van der Waals surface area contributed by atoms with Crippen LogP contribution in [0.1, 0.15) is 39.5 Å². The zero-order valence-corrected chi connectivity index (χ0v) is 9.16. The maximum Gasteiger partial charge on any atom is 0.189 e. The fraction of sp³-hybridized carbons (Fsp3) is 0.909. The summed E-state index contributed by atoms with van der Waals surface area (Å²) in [5.41, 5.74) is 5.85. The first-order chi connectivity index (χ1) is 6.66. The van der Waals surface area contributed by atoms with Gasteiger partial charge in [0.1, 0.15) is 0 Å². The molecule has 0 aromatic heterocycles. The Bertz CT molecular complexity index is 215. The summed E-state index contributed by atoms with van der Waals surface area (Å²) in [5, 5.41) is 3.17. The van der Waals surface area contributed by atoms with Crippen molar-refractivity contribution in [2.45, 2.75) is 51.6 Å². The molecule has 3 heteroatoms. The quantitative estimate of drug-likeness (QED) is 0.527. The van der Waals surface area contributed by atoms with E-state index in [0.29, 0.717) is 18.0 Å². The molecule has 2 fully saturated rings. The Labute approximate surface area is 86.2 Å². The fourth-order valence-electron chi connectivity index (χ4n) is 1.96. The van der Waals surface area contributed by atoms with Crippen molar-refractivity contribution < 1.29 is 0 Å². The van der Waals surface area contributed by atoms with Crippen LogP contribution in [0.2, 0.25) is 0 Å². The molecule has 0 spiro atoms. The van der Waals surface area contributed by atoms with E-state index in [0.717, 1.165) is 11.8 Å². The van der Waals surface area contributed by atoms with Gasteiger partial charge in [-0.05, 0) is 51.4 Å². The molecule has 0 unspecified atom stereocenters. The first kappa shape index (κ1) is 9.81. The number of nitrogens with one attached hydrogen (secondary N) is 1. The Morgan fingerprint density at radius 3 is 2.07 bits per heavy atom. The highest BCUT2D eigenvalue weighted by Crippen LogP contribution is 2.46. The highest BCUT2D eigenvalue weighted by molar-refractivity contribution is 5.78. The maximum absolute atomic E-state index is 5.85. The topological polar surface area (TPSA) is 50.4 Å². The Morgan fingerprint density at radius 1 is 1.21 bits per heavy atom. The monoisotopic (exact) mass is 195 g/mol. The summed E-state index contributed by atoms with van der Waals surface area (Å²) in [6.45, 7) is 4.18. The number of nitrogens with zero attached hydrogens (tertiary/aromatic N) is 1. The van der Waals surface area contributed by atoms with Crippen molar-refractivity contribution in [2.24, 2.45) is 22.6 Å². The molecule has 0 saturated heterocycles. The van der Waals surface area contributed by atoms with Crippen LogP contribution < -0.4 is 11.1 Å². The van der Waals surface area contributed by atoms with Crippen molar-refractivity contribution in [2.75, 3.05) is 0 Å². The predicted molar refractivity (Wildman–Crippen MR) is 59.1 cm³/mol. The molecule has 2 saturated carbocycles. The summed E-state index contributed by atoms with van der Waals surface area (Å²) in [7, 11) is 0. The van der Waals surface area contributed by atoms with Crippen molar-refractivity contribution in [1.29, 1.82) is 0 Å². The molecule has 14 heavy (non-hydrogen) atoms. The van der Waals surface area contributed by atoms with Crippen molar-refractivity contribution in [3.05, 3.63) is 0 Å². The van der Waals surface area contributed by atoms with Crippen LogP contribution in [0.25, 0.3) is 0 Å².